The summed E-state index contributed by atoms with van der Waals surface area (Å²) in [5.41, 5.74) is 1.85. The van der Waals surface area contributed by atoms with Gasteiger partial charge in [0.05, 0.1) is 5.69 Å². The van der Waals surface area contributed by atoms with Crippen molar-refractivity contribution in [2.75, 3.05) is 0 Å². The van der Waals surface area contributed by atoms with Crippen LogP contribution in [0.15, 0.2) is 42.7 Å². The lowest BCUT2D eigenvalue weighted by Crippen LogP contribution is -2.32. The number of aryl methyl sites for hydroxylation is 1. The lowest BCUT2D eigenvalue weighted by atomic mass is 10.2. The first kappa shape index (κ1) is 18.1. The quantitative estimate of drug-likeness (QED) is 0.607. The zero-order chi connectivity index (χ0) is 18.8. The van der Waals surface area contributed by atoms with E-state index in [1.54, 1.807) is 18.5 Å². The summed E-state index contributed by atoms with van der Waals surface area (Å²) in [4.78, 5) is 29.2. The van der Waals surface area contributed by atoms with Crippen LogP contribution in [-0.2, 0) is 13.0 Å². The van der Waals surface area contributed by atoms with Crippen LogP contribution in [0, 0.1) is 0 Å². The van der Waals surface area contributed by atoms with Crippen molar-refractivity contribution in [3.8, 4) is 10.8 Å². The first-order chi connectivity index (χ1) is 13.2. The monoisotopic (exact) mass is 398 g/mol. The van der Waals surface area contributed by atoms with Crippen molar-refractivity contribution in [3.05, 3.63) is 63.9 Å². The van der Waals surface area contributed by atoms with Crippen molar-refractivity contribution >= 4 is 28.8 Å². The maximum atomic E-state index is 13.4. The van der Waals surface area contributed by atoms with E-state index in [-0.39, 0.29) is 5.91 Å². The second kappa shape index (κ2) is 7.74. The van der Waals surface area contributed by atoms with E-state index in [0.29, 0.717) is 39.7 Å². The smallest absolute Gasteiger partial charge is 0.266 e. The average molecular weight is 399 g/mol. The molecule has 1 aliphatic carbocycles. The standard InChI is InChI=1S/C20H19ClN4OS/c1-2-16-17(27-19(24-16)18-22-9-4-10-23-18)20(26)25(15-7-8-15)12-13-5-3-6-14(21)11-13/h3-6,9-11,15H,2,7-8,12H2,1H3. The molecule has 138 valence electrons. The van der Waals surface area contributed by atoms with Crippen molar-refractivity contribution in [1.82, 2.24) is 19.9 Å². The number of aromatic nitrogens is 3. The Morgan fingerprint density at radius 3 is 2.70 bits per heavy atom. The summed E-state index contributed by atoms with van der Waals surface area (Å²) >= 11 is 7.49. The lowest BCUT2D eigenvalue weighted by Gasteiger charge is -2.22. The molecule has 0 bridgehead atoms. The minimum Gasteiger partial charge on any atom is -0.331 e. The van der Waals surface area contributed by atoms with Gasteiger partial charge < -0.3 is 4.90 Å². The zero-order valence-electron chi connectivity index (χ0n) is 14.9. The molecular formula is C20H19ClN4OS. The predicted molar refractivity (Wildman–Crippen MR) is 107 cm³/mol. The average Bonchev–Trinajstić information content (AvgIpc) is 3.44. The van der Waals surface area contributed by atoms with E-state index in [1.165, 1.54) is 11.3 Å². The molecule has 1 fully saturated rings. The summed E-state index contributed by atoms with van der Waals surface area (Å²) in [6.45, 7) is 2.57. The maximum Gasteiger partial charge on any atom is 0.266 e. The van der Waals surface area contributed by atoms with Crippen LogP contribution in [0.25, 0.3) is 10.8 Å². The van der Waals surface area contributed by atoms with Crippen molar-refractivity contribution in [3.63, 3.8) is 0 Å². The first-order valence-corrected chi connectivity index (χ1v) is 10.2. The van der Waals surface area contributed by atoms with Gasteiger partial charge in [0.15, 0.2) is 10.8 Å². The molecule has 0 spiro atoms. The number of carbonyl (C=O) groups excluding carboxylic acids is 1. The Bertz CT molecular complexity index is 956. The molecule has 0 radical (unpaired) electrons. The molecule has 3 aromatic rings. The molecule has 0 unspecified atom stereocenters. The highest BCUT2D eigenvalue weighted by Crippen LogP contribution is 2.33. The summed E-state index contributed by atoms with van der Waals surface area (Å²) in [6.07, 6.45) is 6.15. The van der Waals surface area contributed by atoms with Gasteiger partial charge in [-0.2, -0.15) is 0 Å². The Kier molecular flexibility index (Phi) is 5.18. The lowest BCUT2D eigenvalue weighted by molar-refractivity contribution is 0.0733. The fourth-order valence-electron chi connectivity index (χ4n) is 2.98. The van der Waals surface area contributed by atoms with Gasteiger partial charge in [0, 0.05) is 30.0 Å². The number of benzene rings is 1. The number of rotatable bonds is 6. The van der Waals surface area contributed by atoms with E-state index in [0.717, 1.165) is 24.1 Å². The highest BCUT2D eigenvalue weighted by Gasteiger charge is 2.35. The first-order valence-electron chi connectivity index (χ1n) is 8.98. The van der Waals surface area contributed by atoms with Crippen molar-refractivity contribution in [1.29, 1.82) is 0 Å². The number of amides is 1. The van der Waals surface area contributed by atoms with E-state index in [1.807, 2.05) is 36.1 Å². The number of carbonyl (C=O) groups is 1. The predicted octanol–water partition coefficient (Wildman–Crippen LogP) is 4.62. The van der Waals surface area contributed by atoms with Gasteiger partial charge in [-0.15, -0.1) is 11.3 Å². The van der Waals surface area contributed by atoms with Crippen LogP contribution in [0.3, 0.4) is 0 Å². The van der Waals surface area contributed by atoms with E-state index >= 15 is 0 Å². The molecule has 2 heterocycles. The molecule has 5 nitrogen and oxygen atoms in total. The van der Waals surface area contributed by atoms with Gasteiger partial charge in [0.25, 0.3) is 5.91 Å². The van der Waals surface area contributed by atoms with Crippen molar-refractivity contribution in [2.45, 2.75) is 38.8 Å². The third-order valence-electron chi connectivity index (χ3n) is 4.47. The Balaban J connectivity index is 1.64. The molecule has 1 saturated carbocycles. The van der Waals surface area contributed by atoms with Gasteiger partial charge >= 0.3 is 0 Å². The molecular weight excluding hydrogens is 380 g/mol. The Morgan fingerprint density at radius 1 is 1.26 bits per heavy atom. The number of hydrogen-bond donors (Lipinski definition) is 0. The minimum atomic E-state index is 0.0361. The summed E-state index contributed by atoms with van der Waals surface area (Å²) in [7, 11) is 0. The molecule has 2 aromatic heterocycles. The topological polar surface area (TPSA) is 59.0 Å². The third-order valence-corrected chi connectivity index (χ3v) is 5.79. The van der Waals surface area contributed by atoms with E-state index in [2.05, 4.69) is 15.0 Å². The summed E-state index contributed by atoms with van der Waals surface area (Å²) in [5, 5.41) is 1.38. The number of hydrogen-bond acceptors (Lipinski definition) is 5. The Morgan fingerprint density at radius 2 is 2.04 bits per heavy atom. The Hall–Kier alpha value is -2.31. The van der Waals surface area contributed by atoms with E-state index < -0.39 is 0 Å². The maximum absolute atomic E-state index is 13.4. The molecule has 0 atom stereocenters. The molecule has 1 amide bonds. The van der Waals surface area contributed by atoms with Gasteiger partial charge in [0.2, 0.25) is 0 Å². The third kappa shape index (κ3) is 4.01. The normalized spacial score (nSPS) is 13.6. The highest BCUT2D eigenvalue weighted by molar-refractivity contribution is 7.17. The van der Waals surface area contributed by atoms with Crippen LogP contribution in [-0.4, -0.2) is 31.8 Å². The zero-order valence-corrected chi connectivity index (χ0v) is 16.5. The fraction of sp³-hybridized carbons (Fsp3) is 0.300. The molecule has 7 heteroatoms. The van der Waals surface area contributed by atoms with Gasteiger partial charge in [0.1, 0.15) is 4.88 Å². The largest absolute Gasteiger partial charge is 0.331 e. The van der Waals surface area contributed by atoms with Crippen LogP contribution in [0.5, 0.6) is 0 Å². The molecule has 27 heavy (non-hydrogen) atoms. The van der Waals surface area contributed by atoms with Crippen LogP contribution in [0.1, 0.15) is 40.7 Å². The highest BCUT2D eigenvalue weighted by atomic mass is 35.5. The molecule has 0 aliphatic heterocycles. The van der Waals surface area contributed by atoms with Crippen LogP contribution in [0.4, 0.5) is 0 Å². The number of halogens is 1. The summed E-state index contributed by atoms with van der Waals surface area (Å²) in [6, 6.07) is 9.75. The van der Waals surface area contributed by atoms with Gasteiger partial charge in [-0.3, -0.25) is 4.79 Å². The number of thiazole rings is 1. The van der Waals surface area contributed by atoms with Crippen LogP contribution >= 0.6 is 22.9 Å². The molecule has 1 aliphatic rings. The second-order valence-electron chi connectivity index (χ2n) is 6.51. The van der Waals surface area contributed by atoms with E-state index in [4.69, 9.17) is 11.6 Å². The van der Waals surface area contributed by atoms with Crippen molar-refractivity contribution < 1.29 is 4.79 Å². The van der Waals surface area contributed by atoms with Gasteiger partial charge in [-0.1, -0.05) is 30.7 Å². The fourth-order valence-corrected chi connectivity index (χ4v) is 4.25. The van der Waals surface area contributed by atoms with Gasteiger partial charge in [-0.25, -0.2) is 15.0 Å². The van der Waals surface area contributed by atoms with Crippen LogP contribution < -0.4 is 0 Å². The minimum absolute atomic E-state index is 0.0361. The van der Waals surface area contributed by atoms with Crippen LogP contribution in [0.2, 0.25) is 5.02 Å². The molecule has 0 N–H and O–H groups in total. The van der Waals surface area contributed by atoms with Gasteiger partial charge in [-0.05, 0) is 43.0 Å². The molecule has 0 saturated heterocycles. The van der Waals surface area contributed by atoms with E-state index in [9.17, 15) is 4.79 Å². The SMILES string of the molecule is CCc1nc(-c2ncccn2)sc1C(=O)N(Cc1cccc(Cl)c1)C1CC1. The van der Waals surface area contributed by atoms with Crippen molar-refractivity contribution in [2.24, 2.45) is 0 Å². The second-order valence-corrected chi connectivity index (χ2v) is 7.95. The Labute approximate surface area is 167 Å². The molecule has 1 aromatic carbocycles. The molecule has 4 rings (SSSR count). The summed E-state index contributed by atoms with van der Waals surface area (Å²) in [5.74, 6) is 0.595. The summed E-state index contributed by atoms with van der Waals surface area (Å²) < 4.78 is 0. The number of nitrogens with zero attached hydrogens (tertiary/aromatic N) is 4.